The van der Waals surface area contributed by atoms with Crippen LogP contribution in [0.1, 0.15) is 37.7 Å². The zero-order valence-electron chi connectivity index (χ0n) is 13.1. The fourth-order valence-electron chi connectivity index (χ4n) is 3.90. The van der Waals surface area contributed by atoms with Crippen LogP contribution >= 0.6 is 0 Å². The first-order chi connectivity index (χ1) is 11.0. The molecule has 1 aromatic carbocycles. The van der Waals surface area contributed by atoms with E-state index in [0.29, 0.717) is 25.1 Å². The van der Waals surface area contributed by atoms with E-state index in [9.17, 15) is 14.3 Å². The number of ether oxygens (including phenoxy) is 1. The van der Waals surface area contributed by atoms with Crippen molar-refractivity contribution in [3.63, 3.8) is 0 Å². The maximum Gasteiger partial charge on any atom is 0.225 e. The highest BCUT2D eigenvalue weighted by molar-refractivity contribution is 5.81. The lowest BCUT2D eigenvalue weighted by atomic mass is 9.80. The molecule has 0 radical (unpaired) electrons. The number of aliphatic hydroxyl groups is 1. The number of carbonyl (C=O) groups excluding carboxylic acids is 1. The normalized spacial score (nSPS) is 29.9. The first-order valence-electron chi connectivity index (χ1n) is 8.41. The van der Waals surface area contributed by atoms with Crippen LogP contribution in [0.15, 0.2) is 24.3 Å². The Bertz CT molecular complexity index is 605. The van der Waals surface area contributed by atoms with Crippen molar-refractivity contribution in [1.29, 1.82) is 0 Å². The number of amides is 1. The Labute approximate surface area is 135 Å². The van der Waals surface area contributed by atoms with E-state index in [1.54, 1.807) is 12.1 Å². The lowest BCUT2D eigenvalue weighted by Gasteiger charge is -2.39. The van der Waals surface area contributed by atoms with Crippen molar-refractivity contribution in [2.75, 3.05) is 19.7 Å². The number of rotatable bonds is 2. The number of likely N-dealkylation sites (tertiary alicyclic amines) is 1. The summed E-state index contributed by atoms with van der Waals surface area (Å²) in [4.78, 5) is 14.1. The molecule has 1 amide bonds. The summed E-state index contributed by atoms with van der Waals surface area (Å²) in [6, 6.07) is 6.00. The van der Waals surface area contributed by atoms with Crippen molar-refractivity contribution < 1.29 is 19.0 Å². The first kappa shape index (κ1) is 15.1. The maximum absolute atomic E-state index is 13.1. The number of nitrogens with zero attached hydrogens (tertiary/aromatic N) is 1. The second kappa shape index (κ2) is 5.28. The summed E-state index contributed by atoms with van der Waals surface area (Å²) in [5.41, 5.74) is -0.716. The minimum Gasteiger partial charge on any atom is -0.383 e. The summed E-state index contributed by atoms with van der Waals surface area (Å²) in [6.45, 7) is 1.64. The number of halogens is 1. The van der Waals surface area contributed by atoms with Crippen molar-refractivity contribution in [1.82, 2.24) is 4.90 Å². The van der Waals surface area contributed by atoms with Crippen LogP contribution < -0.4 is 0 Å². The van der Waals surface area contributed by atoms with Gasteiger partial charge in [-0.2, -0.15) is 0 Å². The Morgan fingerprint density at radius 3 is 2.48 bits per heavy atom. The number of hydrogen-bond acceptors (Lipinski definition) is 3. The number of hydrogen-bond donors (Lipinski definition) is 1. The summed E-state index contributed by atoms with van der Waals surface area (Å²) >= 11 is 0. The monoisotopic (exact) mass is 319 g/mol. The second-order valence-corrected chi connectivity index (χ2v) is 7.29. The van der Waals surface area contributed by atoms with Gasteiger partial charge in [0.15, 0.2) is 0 Å². The topological polar surface area (TPSA) is 49.8 Å². The van der Waals surface area contributed by atoms with Crippen molar-refractivity contribution in [2.24, 2.45) is 5.92 Å². The predicted molar refractivity (Wildman–Crippen MR) is 82.1 cm³/mol. The molecule has 5 heteroatoms. The van der Waals surface area contributed by atoms with Gasteiger partial charge in [0.25, 0.3) is 0 Å². The Morgan fingerprint density at radius 1 is 1.22 bits per heavy atom. The third kappa shape index (κ3) is 2.76. The van der Waals surface area contributed by atoms with Crippen molar-refractivity contribution in [3.05, 3.63) is 35.6 Å². The van der Waals surface area contributed by atoms with Crippen molar-refractivity contribution in [3.8, 4) is 0 Å². The van der Waals surface area contributed by atoms with Gasteiger partial charge in [-0.1, -0.05) is 12.1 Å². The lowest BCUT2D eigenvalue weighted by Crippen LogP contribution is -2.47. The summed E-state index contributed by atoms with van der Waals surface area (Å²) in [5.74, 6) is 0.231. The van der Waals surface area contributed by atoms with Crippen LogP contribution in [0, 0.1) is 11.7 Å². The van der Waals surface area contributed by atoms with Gasteiger partial charge < -0.3 is 14.7 Å². The Hall–Kier alpha value is -1.46. The highest BCUT2D eigenvalue weighted by Gasteiger charge is 2.51. The molecule has 1 aliphatic carbocycles. The van der Waals surface area contributed by atoms with Crippen LogP contribution in [0.5, 0.6) is 0 Å². The zero-order chi connectivity index (χ0) is 16.1. The van der Waals surface area contributed by atoms with Gasteiger partial charge in [0.2, 0.25) is 5.91 Å². The molecule has 1 aromatic rings. The molecular formula is C18H22FNO3. The maximum atomic E-state index is 13.1. The Kier molecular flexibility index (Phi) is 3.46. The van der Waals surface area contributed by atoms with Crippen LogP contribution in [0.4, 0.5) is 4.39 Å². The third-order valence-corrected chi connectivity index (χ3v) is 5.53. The van der Waals surface area contributed by atoms with Crippen molar-refractivity contribution >= 4 is 5.91 Å². The number of benzene rings is 1. The molecule has 4 rings (SSSR count). The molecule has 1 saturated carbocycles. The quantitative estimate of drug-likeness (QED) is 0.909. The van der Waals surface area contributed by atoms with Gasteiger partial charge in [-0.25, -0.2) is 4.39 Å². The van der Waals surface area contributed by atoms with Crippen LogP contribution in [-0.4, -0.2) is 41.2 Å². The van der Waals surface area contributed by atoms with Gasteiger partial charge >= 0.3 is 0 Å². The number of piperidine rings is 1. The standard InChI is InChI=1S/C18H22FNO3/c19-15-5-3-14(4-6-15)18(22)11-17(23-12-18)7-9-20(10-8-17)16(21)13-1-2-13/h3-6,13,22H,1-2,7-12H2. The second-order valence-electron chi connectivity index (χ2n) is 7.29. The van der Waals surface area contributed by atoms with E-state index >= 15 is 0 Å². The smallest absolute Gasteiger partial charge is 0.225 e. The van der Waals surface area contributed by atoms with E-state index in [4.69, 9.17) is 4.74 Å². The Balaban J connectivity index is 1.43. The van der Waals surface area contributed by atoms with Gasteiger partial charge in [-0.3, -0.25) is 4.79 Å². The minimum absolute atomic E-state index is 0.231. The molecule has 1 atom stereocenters. The van der Waals surface area contributed by atoms with Gasteiger partial charge in [0.05, 0.1) is 12.2 Å². The fourth-order valence-corrected chi connectivity index (χ4v) is 3.90. The highest BCUT2D eigenvalue weighted by atomic mass is 19.1. The Morgan fingerprint density at radius 2 is 1.87 bits per heavy atom. The molecular weight excluding hydrogens is 297 g/mol. The molecule has 124 valence electrons. The van der Waals surface area contributed by atoms with Crippen LogP contribution in [-0.2, 0) is 15.1 Å². The average Bonchev–Trinajstić information content (AvgIpc) is 3.34. The van der Waals surface area contributed by atoms with E-state index in [1.165, 1.54) is 12.1 Å². The summed E-state index contributed by atoms with van der Waals surface area (Å²) < 4.78 is 19.1. The predicted octanol–water partition coefficient (Wildman–Crippen LogP) is 2.20. The summed E-state index contributed by atoms with van der Waals surface area (Å²) in [5, 5.41) is 10.9. The van der Waals surface area contributed by atoms with Gasteiger partial charge in [0.1, 0.15) is 11.4 Å². The molecule has 2 saturated heterocycles. The highest BCUT2D eigenvalue weighted by Crippen LogP contribution is 2.45. The lowest BCUT2D eigenvalue weighted by molar-refractivity contribution is -0.137. The first-order valence-corrected chi connectivity index (χ1v) is 8.41. The molecule has 0 aromatic heterocycles. The SMILES string of the molecule is O=C(C1CC1)N1CCC2(CC1)CC(O)(c1ccc(F)cc1)CO2. The van der Waals surface area contributed by atoms with Crippen molar-refractivity contribution in [2.45, 2.75) is 43.3 Å². The molecule has 3 aliphatic rings. The molecule has 1 N–H and O–H groups in total. The molecule has 23 heavy (non-hydrogen) atoms. The van der Waals surface area contributed by atoms with E-state index < -0.39 is 5.60 Å². The molecule has 1 unspecified atom stereocenters. The fraction of sp³-hybridized carbons (Fsp3) is 0.611. The zero-order valence-corrected chi connectivity index (χ0v) is 13.1. The molecule has 4 nitrogen and oxygen atoms in total. The minimum atomic E-state index is -1.06. The van der Waals surface area contributed by atoms with E-state index in [-0.39, 0.29) is 29.9 Å². The molecule has 2 aliphatic heterocycles. The molecule has 0 bridgehead atoms. The third-order valence-electron chi connectivity index (χ3n) is 5.53. The van der Waals surface area contributed by atoms with Crippen LogP contribution in [0.2, 0.25) is 0 Å². The van der Waals surface area contributed by atoms with Crippen LogP contribution in [0.25, 0.3) is 0 Å². The summed E-state index contributed by atoms with van der Waals surface area (Å²) in [6.07, 6.45) is 4.09. The number of carbonyl (C=O) groups is 1. The van der Waals surface area contributed by atoms with Gasteiger partial charge in [-0.15, -0.1) is 0 Å². The van der Waals surface area contributed by atoms with Gasteiger partial charge in [0, 0.05) is 25.4 Å². The van der Waals surface area contributed by atoms with E-state index in [1.807, 2.05) is 4.90 Å². The largest absolute Gasteiger partial charge is 0.383 e. The van der Waals surface area contributed by atoms with Crippen LogP contribution in [0.3, 0.4) is 0 Å². The van der Waals surface area contributed by atoms with E-state index in [2.05, 4.69) is 0 Å². The molecule has 2 heterocycles. The average molecular weight is 319 g/mol. The van der Waals surface area contributed by atoms with Gasteiger partial charge in [-0.05, 0) is 43.4 Å². The molecule has 1 spiro atoms. The summed E-state index contributed by atoms with van der Waals surface area (Å²) in [7, 11) is 0. The van der Waals surface area contributed by atoms with E-state index in [0.717, 1.165) is 25.7 Å². The molecule has 3 fully saturated rings.